The summed E-state index contributed by atoms with van der Waals surface area (Å²) in [6.07, 6.45) is 0.228. The normalized spacial score (nSPS) is 8.94. The highest BCUT2D eigenvalue weighted by Crippen LogP contribution is 2.27. The maximum atomic E-state index is 11.7. The van der Waals surface area contributed by atoms with Crippen molar-refractivity contribution in [1.82, 2.24) is 0 Å². The zero-order chi connectivity index (χ0) is 12.0. The number of hydrogen-bond acceptors (Lipinski definition) is 3. The highest BCUT2D eigenvalue weighted by atomic mass is 16.5. The predicted molar refractivity (Wildman–Crippen MR) is 61.9 cm³/mol. The standard InChI is InChI=1S/C13H14O3/c1-4-5-6-11(14)10-7-8-12(15-2)13(9-10)16-3/h7-9H,6H2,1-3H3. The summed E-state index contributed by atoms with van der Waals surface area (Å²) in [6.45, 7) is 1.71. The summed E-state index contributed by atoms with van der Waals surface area (Å²) >= 11 is 0. The van der Waals surface area contributed by atoms with Crippen LogP contribution in [0.15, 0.2) is 18.2 Å². The Bertz CT molecular complexity index is 438. The van der Waals surface area contributed by atoms with E-state index in [2.05, 4.69) is 11.8 Å². The number of methoxy groups -OCH3 is 2. The smallest absolute Gasteiger partial charge is 0.174 e. The summed E-state index contributed by atoms with van der Waals surface area (Å²) in [5.74, 6) is 6.58. The van der Waals surface area contributed by atoms with Gasteiger partial charge in [0.2, 0.25) is 0 Å². The number of Topliss-reactive ketones (excluding diaryl/α,β-unsaturated/α-hetero) is 1. The Morgan fingerprint density at radius 1 is 1.25 bits per heavy atom. The van der Waals surface area contributed by atoms with Crippen molar-refractivity contribution in [3.63, 3.8) is 0 Å². The minimum Gasteiger partial charge on any atom is -0.493 e. The van der Waals surface area contributed by atoms with E-state index in [0.717, 1.165) is 0 Å². The molecular weight excluding hydrogens is 204 g/mol. The number of benzene rings is 1. The zero-order valence-corrected chi connectivity index (χ0v) is 9.66. The maximum absolute atomic E-state index is 11.7. The average molecular weight is 218 g/mol. The Morgan fingerprint density at radius 2 is 1.94 bits per heavy atom. The molecule has 1 aromatic carbocycles. The highest BCUT2D eigenvalue weighted by Gasteiger charge is 2.09. The fourth-order valence-electron chi connectivity index (χ4n) is 1.28. The lowest BCUT2D eigenvalue weighted by Crippen LogP contribution is -1.99. The lowest BCUT2D eigenvalue weighted by molar-refractivity contribution is 0.0997. The molecule has 0 aliphatic heterocycles. The third-order valence-corrected chi connectivity index (χ3v) is 2.13. The summed E-state index contributed by atoms with van der Waals surface area (Å²) in [6, 6.07) is 5.09. The highest BCUT2D eigenvalue weighted by molar-refractivity contribution is 5.98. The summed E-state index contributed by atoms with van der Waals surface area (Å²) < 4.78 is 10.2. The Morgan fingerprint density at radius 3 is 2.50 bits per heavy atom. The van der Waals surface area contributed by atoms with Crippen LogP contribution in [0.5, 0.6) is 11.5 Å². The summed E-state index contributed by atoms with van der Waals surface area (Å²) in [7, 11) is 3.10. The van der Waals surface area contributed by atoms with Crippen molar-refractivity contribution in [2.75, 3.05) is 14.2 Å². The van der Waals surface area contributed by atoms with Gasteiger partial charge in [-0.15, -0.1) is 5.92 Å². The van der Waals surface area contributed by atoms with Gasteiger partial charge in [-0.3, -0.25) is 4.79 Å². The van der Waals surface area contributed by atoms with Crippen LogP contribution in [0.2, 0.25) is 0 Å². The van der Waals surface area contributed by atoms with E-state index in [0.29, 0.717) is 17.1 Å². The molecule has 16 heavy (non-hydrogen) atoms. The first-order valence-corrected chi connectivity index (χ1v) is 4.87. The van der Waals surface area contributed by atoms with Crippen molar-refractivity contribution >= 4 is 5.78 Å². The molecule has 0 bridgehead atoms. The second kappa shape index (κ2) is 5.82. The van der Waals surface area contributed by atoms with Crippen LogP contribution in [0.4, 0.5) is 0 Å². The van der Waals surface area contributed by atoms with Gasteiger partial charge in [0.25, 0.3) is 0 Å². The first-order valence-electron chi connectivity index (χ1n) is 4.87. The van der Waals surface area contributed by atoms with E-state index in [1.807, 2.05) is 0 Å². The number of ketones is 1. The predicted octanol–water partition coefficient (Wildman–Crippen LogP) is 2.30. The number of carbonyl (C=O) groups is 1. The molecule has 0 spiro atoms. The van der Waals surface area contributed by atoms with Crippen molar-refractivity contribution in [3.8, 4) is 23.3 Å². The van der Waals surface area contributed by atoms with E-state index < -0.39 is 0 Å². The lowest BCUT2D eigenvalue weighted by Gasteiger charge is -2.08. The maximum Gasteiger partial charge on any atom is 0.174 e. The molecule has 0 saturated carbocycles. The van der Waals surface area contributed by atoms with Crippen LogP contribution >= 0.6 is 0 Å². The monoisotopic (exact) mass is 218 g/mol. The van der Waals surface area contributed by atoms with Crippen LogP contribution in [0.1, 0.15) is 23.7 Å². The second-order valence-corrected chi connectivity index (χ2v) is 3.10. The Balaban J connectivity index is 2.97. The molecule has 0 amide bonds. The minimum absolute atomic E-state index is 0.0182. The molecule has 0 radical (unpaired) electrons. The van der Waals surface area contributed by atoms with Crippen molar-refractivity contribution < 1.29 is 14.3 Å². The van der Waals surface area contributed by atoms with E-state index >= 15 is 0 Å². The molecule has 3 nitrogen and oxygen atoms in total. The molecule has 0 unspecified atom stereocenters. The largest absolute Gasteiger partial charge is 0.493 e. The number of hydrogen-bond donors (Lipinski definition) is 0. The van der Waals surface area contributed by atoms with Crippen LogP contribution in [0, 0.1) is 11.8 Å². The molecule has 3 heteroatoms. The first-order chi connectivity index (χ1) is 7.72. The van der Waals surface area contributed by atoms with Crippen LogP contribution in [-0.2, 0) is 0 Å². The summed E-state index contributed by atoms with van der Waals surface area (Å²) in [5, 5.41) is 0. The third-order valence-electron chi connectivity index (χ3n) is 2.13. The Labute approximate surface area is 95.4 Å². The fraction of sp³-hybridized carbons (Fsp3) is 0.308. The van der Waals surface area contributed by atoms with Crippen LogP contribution < -0.4 is 9.47 Å². The van der Waals surface area contributed by atoms with Crippen LogP contribution in [-0.4, -0.2) is 20.0 Å². The molecule has 0 aromatic heterocycles. The molecule has 0 fully saturated rings. The third kappa shape index (κ3) is 2.77. The topological polar surface area (TPSA) is 35.5 Å². The van der Waals surface area contributed by atoms with Crippen molar-refractivity contribution in [2.24, 2.45) is 0 Å². The van der Waals surface area contributed by atoms with Crippen LogP contribution in [0.25, 0.3) is 0 Å². The van der Waals surface area contributed by atoms with Crippen molar-refractivity contribution in [2.45, 2.75) is 13.3 Å². The number of carbonyl (C=O) groups excluding carboxylic acids is 1. The molecule has 0 N–H and O–H groups in total. The number of rotatable bonds is 4. The molecule has 0 heterocycles. The van der Waals surface area contributed by atoms with Gasteiger partial charge in [0.15, 0.2) is 17.3 Å². The van der Waals surface area contributed by atoms with Gasteiger partial charge in [-0.1, -0.05) is 5.92 Å². The quantitative estimate of drug-likeness (QED) is 0.574. The molecule has 1 rings (SSSR count). The van der Waals surface area contributed by atoms with Gasteiger partial charge in [-0.2, -0.15) is 0 Å². The SMILES string of the molecule is CC#CCC(=O)c1ccc(OC)c(OC)c1. The van der Waals surface area contributed by atoms with E-state index in [-0.39, 0.29) is 12.2 Å². The number of ether oxygens (including phenoxy) is 2. The lowest BCUT2D eigenvalue weighted by atomic mass is 10.1. The molecule has 0 aliphatic carbocycles. The molecule has 0 aliphatic rings. The van der Waals surface area contributed by atoms with Crippen LogP contribution in [0.3, 0.4) is 0 Å². The van der Waals surface area contributed by atoms with Crippen molar-refractivity contribution in [1.29, 1.82) is 0 Å². The van der Waals surface area contributed by atoms with Gasteiger partial charge in [-0.05, 0) is 25.1 Å². The second-order valence-electron chi connectivity index (χ2n) is 3.10. The van der Waals surface area contributed by atoms with E-state index in [9.17, 15) is 4.79 Å². The van der Waals surface area contributed by atoms with Gasteiger partial charge in [-0.25, -0.2) is 0 Å². The zero-order valence-electron chi connectivity index (χ0n) is 9.66. The Hall–Kier alpha value is -1.95. The van der Waals surface area contributed by atoms with Gasteiger partial charge in [0.1, 0.15) is 0 Å². The van der Waals surface area contributed by atoms with Gasteiger partial charge in [0.05, 0.1) is 20.6 Å². The van der Waals surface area contributed by atoms with Crippen molar-refractivity contribution in [3.05, 3.63) is 23.8 Å². The van der Waals surface area contributed by atoms with E-state index in [1.54, 1.807) is 32.2 Å². The Kier molecular flexibility index (Phi) is 4.41. The van der Waals surface area contributed by atoms with E-state index in [1.165, 1.54) is 7.11 Å². The summed E-state index contributed by atoms with van der Waals surface area (Å²) in [5.41, 5.74) is 0.584. The molecule has 1 aromatic rings. The summed E-state index contributed by atoms with van der Waals surface area (Å²) in [4.78, 5) is 11.7. The molecular formula is C13H14O3. The van der Waals surface area contributed by atoms with Gasteiger partial charge >= 0.3 is 0 Å². The van der Waals surface area contributed by atoms with Gasteiger partial charge in [0, 0.05) is 5.56 Å². The molecule has 0 atom stereocenters. The average Bonchev–Trinajstić information content (AvgIpc) is 2.34. The minimum atomic E-state index is -0.0182. The molecule has 84 valence electrons. The fourth-order valence-corrected chi connectivity index (χ4v) is 1.28. The van der Waals surface area contributed by atoms with Gasteiger partial charge < -0.3 is 9.47 Å². The first kappa shape index (κ1) is 12.1. The van der Waals surface area contributed by atoms with E-state index in [4.69, 9.17) is 9.47 Å². The molecule has 0 saturated heterocycles.